The predicted molar refractivity (Wildman–Crippen MR) is 112 cm³/mol. The summed E-state index contributed by atoms with van der Waals surface area (Å²) in [5.74, 6) is 2.37. The van der Waals surface area contributed by atoms with Gasteiger partial charge in [-0.15, -0.1) is 0 Å². The van der Waals surface area contributed by atoms with Crippen molar-refractivity contribution >= 4 is 0 Å². The van der Waals surface area contributed by atoms with Gasteiger partial charge < -0.3 is 5.11 Å². The molecule has 0 aromatic carbocycles. The van der Waals surface area contributed by atoms with Crippen molar-refractivity contribution in [1.82, 2.24) is 0 Å². The Bertz CT molecular complexity index is 634. The molecule has 3 rings (SSSR count). The Balaban J connectivity index is 1.77. The molecule has 2 unspecified atom stereocenters. The summed E-state index contributed by atoms with van der Waals surface area (Å²) >= 11 is 0. The Kier molecular flexibility index (Phi) is 6.40. The number of nitrogens with zero attached hydrogens (tertiary/aromatic N) is 1. The topological polar surface area (TPSA) is 49.7 Å². The Morgan fingerprint density at radius 3 is 2.81 bits per heavy atom. The molecule has 150 valence electrons. The van der Waals surface area contributed by atoms with E-state index >= 15 is 0 Å². The first-order valence-corrected chi connectivity index (χ1v) is 11.0. The largest absolute Gasteiger partial charge is 0.388 e. The fourth-order valence-electron chi connectivity index (χ4n) is 6.40. The molecule has 3 aliphatic rings. The smallest absolute Gasteiger partial charge is 0.119 e. The number of rotatable bonds is 5. The molecule has 0 spiro atoms. The van der Waals surface area contributed by atoms with Gasteiger partial charge in [0.25, 0.3) is 0 Å². The molecule has 0 bridgehead atoms. The van der Waals surface area contributed by atoms with Gasteiger partial charge in [0.2, 0.25) is 0 Å². The fourth-order valence-corrected chi connectivity index (χ4v) is 6.40. The van der Waals surface area contributed by atoms with Gasteiger partial charge in [0.05, 0.1) is 6.10 Å². The van der Waals surface area contributed by atoms with E-state index in [0.717, 1.165) is 17.4 Å². The van der Waals surface area contributed by atoms with Crippen molar-refractivity contribution in [3.8, 4) is 0 Å². The van der Waals surface area contributed by atoms with Gasteiger partial charge in [-0.2, -0.15) is 4.91 Å². The summed E-state index contributed by atoms with van der Waals surface area (Å²) in [6, 6.07) is -0.472. The zero-order valence-electron chi connectivity index (χ0n) is 17.4. The van der Waals surface area contributed by atoms with E-state index in [2.05, 4.69) is 44.7 Å². The fraction of sp³-hybridized carbons (Fsp3) is 0.750. The molecule has 0 radical (unpaired) electrons. The van der Waals surface area contributed by atoms with Crippen molar-refractivity contribution in [2.45, 2.75) is 90.7 Å². The molecule has 0 heterocycles. The zero-order chi connectivity index (χ0) is 19.6. The molecule has 0 aromatic rings. The van der Waals surface area contributed by atoms with Crippen LogP contribution >= 0.6 is 0 Å². The van der Waals surface area contributed by atoms with Crippen LogP contribution in [0.15, 0.2) is 40.6 Å². The number of hydrogen-bond donors (Lipinski definition) is 1. The molecule has 0 amide bonds. The Labute approximate surface area is 165 Å². The lowest BCUT2D eigenvalue weighted by Gasteiger charge is -2.44. The van der Waals surface area contributed by atoms with E-state index in [-0.39, 0.29) is 0 Å². The van der Waals surface area contributed by atoms with E-state index in [9.17, 15) is 10.0 Å². The maximum atomic E-state index is 11.0. The van der Waals surface area contributed by atoms with Gasteiger partial charge >= 0.3 is 0 Å². The third kappa shape index (κ3) is 3.99. The van der Waals surface area contributed by atoms with Crippen LogP contribution in [0.4, 0.5) is 0 Å². The van der Waals surface area contributed by atoms with Gasteiger partial charge in [0.15, 0.2) is 0 Å². The zero-order valence-corrected chi connectivity index (χ0v) is 17.4. The van der Waals surface area contributed by atoms with Gasteiger partial charge in [-0.05, 0) is 73.7 Å². The first-order valence-electron chi connectivity index (χ1n) is 11.0. The lowest BCUT2D eigenvalue weighted by molar-refractivity contribution is 0.0940. The van der Waals surface area contributed by atoms with Gasteiger partial charge in [-0.3, -0.25) is 0 Å². The van der Waals surface area contributed by atoms with Crippen LogP contribution in [0.25, 0.3) is 0 Å². The monoisotopic (exact) mass is 371 g/mol. The van der Waals surface area contributed by atoms with Crippen molar-refractivity contribution in [2.24, 2.45) is 28.3 Å². The standard InChI is InChI=1S/C24H37NO2/c1-5-7-16(2)20-11-12-21-19(8-6-13-24(20,21)4)10-9-18-14-22(25-27)17(3)23(26)15-18/h9-10,16,20-23,26H,3,5-8,11-15H2,1-2,4H3/b18-9-,19-10+/t16-,20?,21?,22+,23+,24+/m0/s1. The molecule has 0 saturated heterocycles. The summed E-state index contributed by atoms with van der Waals surface area (Å²) in [4.78, 5) is 11.0. The van der Waals surface area contributed by atoms with Crippen molar-refractivity contribution in [1.29, 1.82) is 0 Å². The minimum absolute atomic E-state index is 0.449. The molecule has 3 saturated carbocycles. The average Bonchev–Trinajstić information content (AvgIpc) is 3.00. The molecular formula is C24H37NO2. The van der Waals surface area contributed by atoms with E-state index < -0.39 is 12.1 Å². The van der Waals surface area contributed by atoms with Crippen molar-refractivity contribution < 1.29 is 5.11 Å². The van der Waals surface area contributed by atoms with Crippen LogP contribution in [0.2, 0.25) is 0 Å². The van der Waals surface area contributed by atoms with E-state index in [4.69, 9.17) is 0 Å². The van der Waals surface area contributed by atoms with Crippen LogP contribution in [-0.2, 0) is 0 Å². The first-order chi connectivity index (χ1) is 12.9. The summed E-state index contributed by atoms with van der Waals surface area (Å²) in [5.41, 5.74) is 3.75. The highest BCUT2D eigenvalue weighted by Gasteiger charge is 2.50. The second kappa shape index (κ2) is 8.43. The van der Waals surface area contributed by atoms with Crippen molar-refractivity contribution in [2.75, 3.05) is 0 Å². The third-order valence-corrected chi connectivity index (χ3v) is 7.90. The minimum Gasteiger partial charge on any atom is -0.388 e. The molecule has 3 aliphatic carbocycles. The highest BCUT2D eigenvalue weighted by molar-refractivity contribution is 5.30. The van der Waals surface area contributed by atoms with Gasteiger partial charge in [-0.25, -0.2) is 0 Å². The second-order valence-electron chi connectivity index (χ2n) is 9.55. The molecule has 3 heteroatoms. The number of hydrogen-bond acceptors (Lipinski definition) is 3. The van der Waals surface area contributed by atoms with Crippen LogP contribution < -0.4 is 0 Å². The van der Waals surface area contributed by atoms with Crippen LogP contribution in [0.5, 0.6) is 0 Å². The lowest BCUT2D eigenvalue weighted by Crippen LogP contribution is -2.36. The normalized spacial score (nSPS) is 41.0. The highest BCUT2D eigenvalue weighted by Crippen LogP contribution is 2.59. The number of aliphatic hydroxyl groups excluding tert-OH is 1. The summed E-state index contributed by atoms with van der Waals surface area (Å²) in [6.45, 7) is 11.1. The number of allylic oxidation sites excluding steroid dienone is 3. The minimum atomic E-state index is -0.631. The maximum absolute atomic E-state index is 11.0. The summed E-state index contributed by atoms with van der Waals surface area (Å²) < 4.78 is 0. The number of fused-ring (bicyclic) bond motifs is 1. The SMILES string of the molecule is C=C1[C@H](O)C/C(=C\C=C2/CCC[C@@]3(C)C2CCC3[C@@H](C)CCC)C[C@H]1N=O. The van der Waals surface area contributed by atoms with Crippen LogP contribution in [0, 0.1) is 28.1 Å². The summed E-state index contributed by atoms with van der Waals surface area (Å²) in [7, 11) is 0. The molecule has 27 heavy (non-hydrogen) atoms. The van der Waals surface area contributed by atoms with Crippen molar-refractivity contribution in [3.05, 3.63) is 40.4 Å². The molecule has 6 atom stereocenters. The van der Waals surface area contributed by atoms with E-state index in [1.807, 2.05) is 0 Å². The number of nitroso groups, excluding NO2 is 1. The Hall–Kier alpha value is -1.22. The van der Waals surface area contributed by atoms with E-state index in [1.165, 1.54) is 44.9 Å². The Morgan fingerprint density at radius 1 is 1.33 bits per heavy atom. The van der Waals surface area contributed by atoms with Gasteiger partial charge in [0, 0.05) is 0 Å². The van der Waals surface area contributed by atoms with Crippen LogP contribution in [0.3, 0.4) is 0 Å². The first kappa shape index (κ1) is 20.5. The van der Waals surface area contributed by atoms with E-state index in [1.54, 1.807) is 5.57 Å². The quantitative estimate of drug-likeness (QED) is 0.453. The maximum Gasteiger partial charge on any atom is 0.119 e. The predicted octanol–water partition coefficient (Wildman–Crippen LogP) is 6.34. The second-order valence-corrected chi connectivity index (χ2v) is 9.55. The summed E-state index contributed by atoms with van der Waals surface area (Å²) in [6.07, 6.45) is 14.2. The number of aliphatic hydroxyl groups is 1. The van der Waals surface area contributed by atoms with E-state index in [0.29, 0.717) is 29.7 Å². The van der Waals surface area contributed by atoms with Crippen LogP contribution in [0.1, 0.15) is 78.6 Å². The molecule has 0 aliphatic heterocycles. The molecule has 3 nitrogen and oxygen atoms in total. The third-order valence-electron chi connectivity index (χ3n) is 7.90. The average molecular weight is 372 g/mol. The summed E-state index contributed by atoms with van der Waals surface area (Å²) in [5, 5.41) is 13.3. The van der Waals surface area contributed by atoms with Gasteiger partial charge in [0.1, 0.15) is 6.04 Å². The molecule has 3 fully saturated rings. The Morgan fingerprint density at radius 2 is 2.11 bits per heavy atom. The van der Waals surface area contributed by atoms with Crippen molar-refractivity contribution in [3.63, 3.8) is 0 Å². The van der Waals surface area contributed by atoms with Crippen LogP contribution in [-0.4, -0.2) is 17.3 Å². The lowest BCUT2D eigenvalue weighted by atomic mass is 9.61. The molecule has 0 aromatic heterocycles. The molecular weight excluding hydrogens is 334 g/mol. The molecule has 1 N–H and O–H groups in total. The van der Waals surface area contributed by atoms with Gasteiger partial charge in [-0.1, -0.05) is 68.7 Å². The highest BCUT2D eigenvalue weighted by atomic mass is 16.3.